The lowest BCUT2D eigenvalue weighted by Crippen LogP contribution is -2.55. The summed E-state index contributed by atoms with van der Waals surface area (Å²) in [6.07, 6.45) is 1.19. The van der Waals surface area contributed by atoms with Gasteiger partial charge in [0.05, 0.1) is 24.5 Å². The quantitative estimate of drug-likeness (QED) is 0.532. The van der Waals surface area contributed by atoms with Crippen LogP contribution in [0.5, 0.6) is 0 Å². The largest absolute Gasteiger partial charge is 0.771 e. The molecule has 7 nitrogen and oxygen atoms in total. The van der Waals surface area contributed by atoms with Gasteiger partial charge in [0.2, 0.25) is 0 Å². The van der Waals surface area contributed by atoms with Crippen LogP contribution >= 0.6 is 0 Å². The molecule has 0 N–H and O–H groups in total. The summed E-state index contributed by atoms with van der Waals surface area (Å²) in [7, 11) is 0. The van der Waals surface area contributed by atoms with Gasteiger partial charge in [-0.05, 0) is 37.8 Å². The topological polar surface area (TPSA) is 88.1 Å². The van der Waals surface area contributed by atoms with Gasteiger partial charge >= 0.3 is 5.97 Å². The number of hydrogen-bond donors (Lipinski definition) is 0. The highest BCUT2D eigenvalue weighted by Gasteiger charge is 2.45. The number of nitrogens with zero attached hydrogens (tertiary/aromatic N) is 1. The molecule has 0 aromatic heterocycles. The number of ether oxygens (including phenoxy) is 3. The first-order chi connectivity index (χ1) is 11.5. The molecule has 0 aromatic rings. The predicted octanol–water partition coefficient (Wildman–Crippen LogP) is 1.64. The van der Waals surface area contributed by atoms with Gasteiger partial charge in [0.1, 0.15) is 5.60 Å². The molecule has 3 unspecified atom stereocenters. The minimum atomic E-state index is -2.42. The second kappa shape index (κ2) is 8.00. The molecule has 0 bridgehead atoms. The molecular formula is C17H30NO6S-. The fraction of sp³-hybridized carbons (Fsp3) is 0.941. The van der Waals surface area contributed by atoms with Crippen LogP contribution in [0, 0.1) is 11.8 Å². The van der Waals surface area contributed by atoms with Crippen molar-refractivity contribution in [2.24, 2.45) is 11.8 Å². The Morgan fingerprint density at radius 2 is 1.72 bits per heavy atom. The van der Waals surface area contributed by atoms with Crippen LogP contribution in [-0.4, -0.2) is 62.7 Å². The SMILES string of the molecule is CC(C)C(C(=O)OC(C)(C)C)C(N1CCC2(CC1)OCCO2)S(=O)[O-]. The third-order valence-electron chi connectivity index (χ3n) is 4.63. The minimum absolute atomic E-state index is 0.160. The van der Waals surface area contributed by atoms with E-state index in [-0.39, 0.29) is 5.92 Å². The van der Waals surface area contributed by atoms with Crippen molar-refractivity contribution < 1.29 is 27.8 Å². The van der Waals surface area contributed by atoms with Crippen molar-refractivity contribution in [3.8, 4) is 0 Å². The summed E-state index contributed by atoms with van der Waals surface area (Å²) in [4.78, 5) is 14.5. The second-order valence-corrected chi connectivity index (χ2v) is 9.10. The maximum absolute atomic E-state index is 12.7. The average Bonchev–Trinajstić information content (AvgIpc) is 2.91. The van der Waals surface area contributed by atoms with E-state index in [1.54, 1.807) is 20.8 Å². The molecular weight excluding hydrogens is 346 g/mol. The molecule has 0 aromatic carbocycles. The monoisotopic (exact) mass is 376 g/mol. The van der Waals surface area contributed by atoms with E-state index in [9.17, 15) is 13.6 Å². The Hall–Kier alpha value is -0.540. The van der Waals surface area contributed by atoms with E-state index in [2.05, 4.69) is 0 Å². The summed E-state index contributed by atoms with van der Waals surface area (Å²) in [5, 5.41) is -0.909. The first-order valence-corrected chi connectivity index (χ1v) is 10.0. The number of carbonyl (C=O) groups is 1. The molecule has 2 heterocycles. The summed E-state index contributed by atoms with van der Waals surface area (Å²) in [5.74, 6) is -1.94. The molecule has 0 radical (unpaired) electrons. The normalized spacial score (nSPS) is 25.1. The van der Waals surface area contributed by atoms with E-state index in [4.69, 9.17) is 14.2 Å². The van der Waals surface area contributed by atoms with Crippen molar-refractivity contribution in [3.05, 3.63) is 0 Å². The van der Waals surface area contributed by atoms with Crippen molar-refractivity contribution >= 4 is 17.0 Å². The summed E-state index contributed by atoms with van der Waals surface area (Å²) in [6, 6.07) is 0. The zero-order valence-electron chi connectivity index (χ0n) is 15.8. The fourth-order valence-electron chi connectivity index (χ4n) is 3.46. The third-order valence-corrected chi connectivity index (χ3v) is 5.62. The maximum Gasteiger partial charge on any atom is 0.312 e. The summed E-state index contributed by atoms with van der Waals surface area (Å²) < 4.78 is 40.9. The Bertz CT molecular complexity index is 488. The molecule has 146 valence electrons. The number of esters is 1. The van der Waals surface area contributed by atoms with Crippen LogP contribution in [0.25, 0.3) is 0 Å². The van der Waals surface area contributed by atoms with Gasteiger partial charge in [0.25, 0.3) is 0 Å². The van der Waals surface area contributed by atoms with Crippen LogP contribution in [0.1, 0.15) is 47.5 Å². The molecule has 0 aliphatic carbocycles. The third kappa shape index (κ3) is 5.23. The number of hydrogen-bond acceptors (Lipinski definition) is 7. The van der Waals surface area contributed by atoms with Gasteiger partial charge in [-0.1, -0.05) is 13.8 Å². The minimum Gasteiger partial charge on any atom is -0.771 e. The highest BCUT2D eigenvalue weighted by atomic mass is 32.2. The first-order valence-electron chi connectivity index (χ1n) is 8.87. The molecule has 2 fully saturated rings. The number of rotatable bonds is 5. The van der Waals surface area contributed by atoms with Gasteiger partial charge in [0, 0.05) is 25.9 Å². The highest BCUT2D eigenvalue weighted by Crippen LogP contribution is 2.35. The van der Waals surface area contributed by atoms with Crippen molar-refractivity contribution in [1.82, 2.24) is 4.90 Å². The van der Waals surface area contributed by atoms with Gasteiger partial charge < -0.3 is 18.8 Å². The maximum atomic E-state index is 12.7. The zero-order valence-corrected chi connectivity index (χ0v) is 16.6. The Morgan fingerprint density at radius 3 is 2.12 bits per heavy atom. The predicted molar refractivity (Wildman–Crippen MR) is 92.3 cm³/mol. The van der Waals surface area contributed by atoms with Gasteiger partial charge in [-0.25, -0.2) is 0 Å². The smallest absolute Gasteiger partial charge is 0.312 e. The van der Waals surface area contributed by atoms with E-state index in [1.807, 2.05) is 18.7 Å². The molecule has 2 saturated heterocycles. The standard InChI is InChI=1S/C17H31NO6S/c1-12(2)13(15(19)24-16(3,4)5)14(25(20)21)18-8-6-17(7-9-18)22-10-11-23-17/h12-14H,6-11H2,1-5H3,(H,20,21)/p-1. The van der Waals surface area contributed by atoms with Crippen LogP contribution in [0.15, 0.2) is 0 Å². The van der Waals surface area contributed by atoms with Crippen molar-refractivity contribution in [1.29, 1.82) is 0 Å². The Kier molecular flexibility index (Phi) is 6.65. The summed E-state index contributed by atoms with van der Waals surface area (Å²) >= 11 is -2.42. The Labute approximate surface area is 152 Å². The molecule has 1 spiro atoms. The van der Waals surface area contributed by atoms with Crippen molar-refractivity contribution in [2.45, 2.75) is 64.2 Å². The van der Waals surface area contributed by atoms with E-state index in [0.29, 0.717) is 39.1 Å². The fourth-order valence-corrected chi connectivity index (χ4v) is 4.58. The van der Waals surface area contributed by atoms with Crippen LogP contribution in [-0.2, 0) is 30.1 Å². The van der Waals surface area contributed by atoms with E-state index < -0.39 is 39.7 Å². The molecule has 0 saturated carbocycles. The highest BCUT2D eigenvalue weighted by molar-refractivity contribution is 7.79. The van der Waals surface area contributed by atoms with E-state index in [1.165, 1.54) is 0 Å². The van der Waals surface area contributed by atoms with Gasteiger partial charge in [0.15, 0.2) is 5.79 Å². The van der Waals surface area contributed by atoms with Gasteiger partial charge in [-0.2, -0.15) is 0 Å². The zero-order chi connectivity index (χ0) is 18.8. The molecule has 2 aliphatic rings. The average molecular weight is 376 g/mol. The summed E-state index contributed by atoms with van der Waals surface area (Å²) in [5.41, 5.74) is -0.656. The van der Waals surface area contributed by atoms with Crippen LogP contribution < -0.4 is 0 Å². The molecule has 25 heavy (non-hydrogen) atoms. The molecule has 2 aliphatic heterocycles. The van der Waals surface area contributed by atoms with Crippen LogP contribution in [0.2, 0.25) is 0 Å². The Balaban J connectivity index is 2.14. The van der Waals surface area contributed by atoms with Crippen molar-refractivity contribution in [3.63, 3.8) is 0 Å². The number of carbonyl (C=O) groups excluding carboxylic acids is 1. The van der Waals surface area contributed by atoms with Gasteiger partial charge in [-0.3, -0.25) is 13.9 Å². The van der Waals surface area contributed by atoms with E-state index >= 15 is 0 Å². The number of piperidine rings is 1. The van der Waals surface area contributed by atoms with Crippen LogP contribution in [0.3, 0.4) is 0 Å². The lowest BCUT2D eigenvalue weighted by molar-refractivity contribution is -0.188. The molecule has 0 amide bonds. The lowest BCUT2D eigenvalue weighted by atomic mass is 9.93. The van der Waals surface area contributed by atoms with Gasteiger partial charge in [-0.15, -0.1) is 0 Å². The van der Waals surface area contributed by atoms with E-state index in [0.717, 1.165) is 0 Å². The molecule has 8 heteroatoms. The number of likely N-dealkylation sites (tertiary alicyclic amines) is 1. The van der Waals surface area contributed by atoms with Crippen molar-refractivity contribution in [2.75, 3.05) is 26.3 Å². The summed E-state index contributed by atoms with van der Waals surface area (Å²) in [6.45, 7) is 11.2. The lowest BCUT2D eigenvalue weighted by Gasteiger charge is -2.44. The Morgan fingerprint density at radius 1 is 1.20 bits per heavy atom. The van der Waals surface area contributed by atoms with Crippen LogP contribution in [0.4, 0.5) is 0 Å². The second-order valence-electron chi connectivity index (χ2n) is 8.10. The molecule has 3 atom stereocenters. The first kappa shape index (κ1) is 20.8. The molecule has 2 rings (SSSR count).